The standard InChI is InChI=1S/C17H26O2/c1-12(11-19-14(3)18)15-8-9-16-7-5-6-13(2)17(16,4)10-15/h10,13,16H,1,5-9,11H2,2-4H3/t13-,16?,17+/m1/s1. The first-order valence-electron chi connectivity index (χ1n) is 7.46. The summed E-state index contributed by atoms with van der Waals surface area (Å²) < 4.78 is 5.07. The Labute approximate surface area is 116 Å². The van der Waals surface area contributed by atoms with Crippen molar-refractivity contribution in [1.82, 2.24) is 0 Å². The van der Waals surface area contributed by atoms with Crippen molar-refractivity contribution in [3.8, 4) is 0 Å². The van der Waals surface area contributed by atoms with Crippen molar-refractivity contribution in [2.24, 2.45) is 17.3 Å². The third-order valence-corrected chi connectivity index (χ3v) is 5.28. The first-order chi connectivity index (χ1) is 8.93. The fourth-order valence-electron chi connectivity index (χ4n) is 3.75. The molecule has 2 heteroatoms. The van der Waals surface area contributed by atoms with Crippen LogP contribution in [0.25, 0.3) is 0 Å². The van der Waals surface area contributed by atoms with Gasteiger partial charge in [-0.1, -0.05) is 32.9 Å². The highest BCUT2D eigenvalue weighted by molar-refractivity contribution is 5.66. The van der Waals surface area contributed by atoms with Crippen molar-refractivity contribution in [1.29, 1.82) is 0 Å². The number of esters is 1. The molecule has 106 valence electrons. The maximum absolute atomic E-state index is 10.9. The van der Waals surface area contributed by atoms with Gasteiger partial charge in [-0.2, -0.15) is 0 Å². The lowest BCUT2D eigenvalue weighted by molar-refractivity contribution is -0.139. The van der Waals surface area contributed by atoms with Gasteiger partial charge in [-0.05, 0) is 54.1 Å². The molecule has 1 saturated carbocycles. The summed E-state index contributed by atoms with van der Waals surface area (Å²) in [6, 6.07) is 0. The van der Waals surface area contributed by atoms with Gasteiger partial charge in [0.05, 0.1) is 0 Å². The van der Waals surface area contributed by atoms with Crippen molar-refractivity contribution in [3.05, 3.63) is 23.8 Å². The molecular weight excluding hydrogens is 236 g/mol. The summed E-state index contributed by atoms with van der Waals surface area (Å²) in [4.78, 5) is 10.9. The van der Waals surface area contributed by atoms with Gasteiger partial charge in [-0.3, -0.25) is 4.79 Å². The van der Waals surface area contributed by atoms with Crippen LogP contribution >= 0.6 is 0 Å². The smallest absolute Gasteiger partial charge is 0.302 e. The monoisotopic (exact) mass is 262 g/mol. The highest BCUT2D eigenvalue weighted by Crippen LogP contribution is 2.52. The largest absolute Gasteiger partial charge is 0.461 e. The number of fused-ring (bicyclic) bond motifs is 1. The lowest BCUT2D eigenvalue weighted by atomic mass is 9.57. The molecule has 0 aliphatic heterocycles. The van der Waals surface area contributed by atoms with Gasteiger partial charge >= 0.3 is 5.97 Å². The summed E-state index contributed by atoms with van der Waals surface area (Å²) in [5.74, 6) is 1.33. The summed E-state index contributed by atoms with van der Waals surface area (Å²) >= 11 is 0. The van der Waals surface area contributed by atoms with Crippen LogP contribution in [0.15, 0.2) is 23.8 Å². The van der Waals surface area contributed by atoms with E-state index in [9.17, 15) is 4.79 Å². The van der Waals surface area contributed by atoms with Gasteiger partial charge in [0.1, 0.15) is 6.61 Å². The average molecular weight is 262 g/mol. The molecule has 0 aromatic carbocycles. The predicted molar refractivity (Wildman–Crippen MR) is 77.7 cm³/mol. The zero-order valence-electron chi connectivity index (χ0n) is 12.5. The Bertz CT molecular complexity index is 407. The van der Waals surface area contributed by atoms with Gasteiger partial charge in [0.2, 0.25) is 0 Å². The van der Waals surface area contributed by atoms with Crippen molar-refractivity contribution in [2.45, 2.75) is 52.9 Å². The van der Waals surface area contributed by atoms with Crippen LogP contribution in [-0.4, -0.2) is 12.6 Å². The van der Waals surface area contributed by atoms with Crippen LogP contribution in [0.1, 0.15) is 52.9 Å². The highest BCUT2D eigenvalue weighted by Gasteiger charge is 2.42. The van der Waals surface area contributed by atoms with E-state index in [1.165, 1.54) is 38.2 Å². The zero-order chi connectivity index (χ0) is 14.0. The summed E-state index contributed by atoms with van der Waals surface area (Å²) in [6.07, 6.45) is 8.85. The van der Waals surface area contributed by atoms with Crippen molar-refractivity contribution in [3.63, 3.8) is 0 Å². The molecule has 2 nitrogen and oxygen atoms in total. The van der Waals surface area contributed by atoms with E-state index in [1.54, 1.807) is 0 Å². The van der Waals surface area contributed by atoms with Gasteiger partial charge in [-0.25, -0.2) is 0 Å². The first-order valence-corrected chi connectivity index (χ1v) is 7.46. The number of carbonyl (C=O) groups is 1. The number of ether oxygens (including phenoxy) is 1. The molecule has 0 aromatic rings. The highest BCUT2D eigenvalue weighted by atomic mass is 16.5. The van der Waals surface area contributed by atoms with Crippen molar-refractivity contribution in [2.75, 3.05) is 6.61 Å². The van der Waals surface area contributed by atoms with E-state index >= 15 is 0 Å². The number of hydrogen-bond acceptors (Lipinski definition) is 2. The van der Waals surface area contributed by atoms with Gasteiger partial charge in [0, 0.05) is 6.92 Å². The van der Waals surface area contributed by atoms with Crippen LogP contribution in [0.2, 0.25) is 0 Å². The van der Waals surface area contributed by atoms with Gasteiger partial charge in [0.15, 0.2) is 0 Å². The van der Waals surface area contributed by atoms with Crippen molar-refractivity contribution >= 4 is 5.97 Å². The summed E-state index contributed by atoms with van der Waals surface area (Å²) in [6.45, 7) is 10.7. The maximum atomic E-state index is 10.9. The first kappa shape index (κ1) is 14.4. The van der Waals surface area contributed by atoms with Gasteiger partial charge < -0.3 is 4.74 Å². The average Bonchev–Trinajstić information content (AvgIpc) is 2.36. The maximum Gasteiger partial charge on any atom is 0.302 e. The Morgan fingerprint density at radius 2 is 2.21 bits per heavy atom. The Hall–Kier alpha value is -1.05. The van der Waals surface area contributed by atoms with E-state index in [2.05, 4.69) is 26.5 Å². The number of allylic oxidation sites excluding steroid dienone is 1. The van der Waals surface area contributed by atoms with E-state index in [-0.39, 0.29) is 5.97 Å². The molecule has 2 aliphatic rings. The predicted octanol–water partition coefficient (Wildman–Crippen LogP) is 4.27. The molecule has 0 bridgehead atoms. The molecule has 3 atom stereocenters. The molecule has 0 N–H and O–H groups in total. The molecule has 1 fully saturated rings. The fourth-order valence-corrected chi connectivity index (χ4v) is 3.75. The minimum atomic E-state index is -0.229. The Morgan fingerprint density at radius 3 is 2.89 bits per heavy atom. The second kappa shape index (κ2) is 5.52. The van der Waals surface area contributed by atoms with Crippen LogP contribution in [0.5, 0.6) is 0 Å². The molecule has 0 saturated heterocycles. The molecular formula is C17H26O2. The lowest BCUT2D eigenvalue weighted by Crippen LogP contribution is -2.38. The lowest BCUT2D eigenvalue weighted by Gasteiger charge is -2.48. The molecule has 19 heavy (non-hydrogen) atoms. The number of rotatable bonds is 3. The van der Waals surface area contributed by atoms with Crippen LogP contribution in [0, 0.1) is 17.3 Å². The molecule has 0 aromatic heterocycles. The van der Waals surface area contributed by atoms with Crippen molar-refractivity contribution < 1.29 is 9.53 Å². The van der Waals surface area contributed by atoms with Gasteiger partial charge in [-0.15, -0.1) is 0 Å². The molecule has 2 rings (SSSR count). The topological polar surface area (TPSA) is 26.3 Å². The molecule has 2 aliphatic carbocycles. The number of hydrogen-bond donors (Lipinski definition) is 0. The minimum absolute atomic E-state index is 0.229. The third-order valence-electron chi connectivity index (χ3n) is 5.28. The molecule has 0 spiro atoms. The second-order valence-corrected chi connectivity index (χ2v) is 6.49. The molecule has 0 heterocycles. The summed E-state index contributed by atoms with van der Waals surface area (Å²) in [5.41, 5.74) is 2.60. The zero-order valence-corrected chi connectivity index (χ0v) is 12.5. The molecule has 0 amide bonds. The van der Waals surface area contributed by atoms with Crippen LogP contribution in [0.3, 0.4) is 0 Å². The van der Waals surface area contributed by atoms with Crippen LogP contribution in [0.4, 0.5) is 0 Å². The fraction of sp³-hybridized carbons (Fsp3) is 0.706. The summed E-state index contributed by atoms with van der Waals surface area (Å²) in [7, 11) is 0. The van der Waals surface area contributed by atoms with E-state index in [0.717, 1.165) is 23.8 Å². The minimum Gasteiger partial charge on any atom is -0.461 e. The normalized spacial score (nSPS) is 34.2. The van der Waals surface area contributed by atoms with E-state index in [0.29, 0.717) is 12.0 Å². The van der Waals surface area contributed by atoms with Crippen LogP contribution in [-0.2, 0) is 9.53 Å². The SMILES string of the molecule is C=C(COC(C)=O)C1=C[C@]2(C)C(CCC[C@H]2C)CC1. The van der Waals surface area contributed by atoms with E-state index in [1.807, 2.05) is 0 Å². The van der Waals surface area contributed by atoms with E-state index in [4.69, 9.17) is 4.74 Å². The second-order valence-electron chi connectivity index (χ2n) is 6.49. The quantitative estimate of drug-likeness (QED) is 0.710. The molecule has 0 radical (unpaired) electrons. The Morgan fingerprint density at radius 1 is 1.47 bits per heavy atom. The summed E-state index contributed by atoms with van der Waals surface area (Å²) in [5, 5.41) is 0. The Kier molecular flexibility index (Phi) is 4.17. The molecule has 1 unspecified atom stereocenters. The number of carbonyl (C=O) groups excluding carboxylic acids is 1. The van der Waals surface area contributed by atoms with Gasteiger partial charge in [0.25, 0.3) is 0 Å². The Balaban J connectivity index is 2.12. The third kappa shape index (κ3) is 2.93. The van der Waals surface area contributed by atoms with Crippen LogP contribution < -0.4 is 0 Å². The van der Waals surface area contributed by atoms with E-state index < -0.39 is 0 Å².